The van der Waals surface area contributed by atoms with Gasteiger partial charge in [-0.05, 0) is 55.4 Å². The minimum atomic E-state index is -0.750. The Bertz CT molecular complexity index is 776. The molecule has 2 aliphatic carbocycles. The number of hydrogen-bond donors (Lipinski definition) is 2. The molecule has 2 spiro atoms. The Morgan fingerprint density at radius 2 is 2.07 bits per heavy atom. The van der Waals surface area contributed by atoms with Gasteiger partial charge in [0.2, 0.25) is 0 Å². The summed E-state index contributed by atoms with van der Waals surface area (Å²) in [5.74, 6) is 0.121. The molecule has 2 unspecified atom stereocenters. The van der Waals surface area contributed by atoms with Gasteiger partial charge in [-0.15, -0.1) is 0 Å². The molecule has 1 amide bonds. The minimum Gasteiger partial charge on any atom is -0.381 e. The van der Waals surface area contributed by atoms with Gasteiger partial charge in [0, 0.05) is 17.0 Å². The van der Waals surface area contributed by atoms with Crippen LogP contribution in [-0.4, -0.2) is 49.6 Å². The monoisotopic (exact) mass is 435 g/mol. The quantitative estimate of drug-likeness (QED) is 0.740. The van der Waals surface area contributed by atoms with Crippen molar-refractivity contribution in [1.82, 2.24) is 10.2 Å². The topological polar surface area (TPSA) is 76.8 Å². The number of rotatable bonds is 2. The van der Waals surface area contributed by atoms with Gasteiger partial charge in [-0.25, -0.2) is 0 Å². The molecule has 3 fully saturated rings. The summed E-state index contributed by atoms with van der Waals surface area (Å²) in [5, 5.41) is 3.59. The summed E-state index contributed by atoms with van der Waals surface area (Å²) >= 11 is 3.61. The number of nitrogens with zero attached hydrogens (tertiary/aromatic N) is 1. The Morgan fingerprint density at radius 1 is 1.33 bits per heavy atom. The lowest BCUT2D eigenvalue weighted by molar-refractivity contribution is -0.150. The molecule has 1 aromatic rings. The van der Waals surface area contributed by atoms with Crippen molar-refractivity contribution in [3.05, 3.63) is 33.8 Å². The molecule has 146 valence electrons. The van der Waals surface area contributed by atoms with Crippen LogP contribution in [0.2, 0.25) is 0 Å². The average Bonchev–Trinajstić information content (AvgIpc) is 3.03. The van der Waals surface area contributed by atoms with Crippen LogP contribution in [0.5, 0.6) is 0 Å². The van der Waals surface area contributed by atoms with E-state index >= 15 is 0 Å². The molecule has 0 aromatic heterocycles. The highest BCUT2D eigenvalue weighted by atomic mass is 79.9. The molecule has 27 heavy (non-hydrogen) atoms. The van der Waals surface area contributed by atoms with E-state index in [1.54, 1.807) is 7.11 Å². The molecule has 0 bridgehead atoms. The lowest BCUT2D eigenvalue weighted by atomic mass is 9.61. The van der Waals surface area contributed by atoms with Gasteiger partial charge in [-0.2, -0.15) is 0 Å². The Morgan fingerprint density at radius 3 is 2.70 bits per heavy atom. The van der Waals surface area contributed by atoms with Gasteiger partial charge >= 0.3 is 0 Å². The van der Waals surface area contributed by atoms with Crippen LogP contribution in [0, 0.1) is 5.41 Å². The van der Waals surface area contributed by atoms with Gasteiger partial charge in [-0.1, -0.05) is 22.0 Å². The molecule has 5 rings (SSSR count). The predicted octanol–water partition coefficient (Wildman–Crippen LogP) is 1.85. The summed E-state index contributed by atoms with van der Waals surface area (Å²) in [6.45, 7) is 1.14. The standard InChI is InChI=1S/C20H26BrN3O3/c1-26-15-4-6-19(7-5-15)9-12-2-3-13(21)8-16(12)20(19)17(25)24(18(22)23-20)14-10-27-11-14/h2-3,8,14-15,18,23H,4-7,9-11,22H2,1H3. The summed E-state index contributed by atoms with van der Waals surface area (Å²) < 4.78 is 12.0. The van der Waals surface area contributed by atoms with Crippen molar-refractivity contribution in [2.24, 2.45) is 11.1 Å². The average molecular weight is 436 g/mol. The maximum Gasteiger partial charge on any atom is 0.250 e. The van der Waals surface area contributed by atoms with Gasteiger partial charge < -0.3 is 14.4 Å². The van der Waals surface area contributed by atoms with Gasteiger partial charge in [-0.3, -0.25) is 15.8 Å². The van der Waals surface area contributed by atoms with Crippen molar-refractivity contribution in [3.8, 4) is 0 Å². The van der Waals surface area contributed by atoms with Crippen LogP contribution in [-0.2, 0) is 26.2 Å². The number of fused-ring (bicyclic) bond motifs is 3. The van der Waals surface area contributed by atoms with Crippen molar-refractivity contribution in [2.75, 3.05) is 20.3 Å². The van der Waals surface area contributed by atoms with Crippen molar-refractivity contribution in [3.63, 3.8) is 0 Å². The fraction of sp³-hybridized carbons (Fsp3) is 0.650. The van der Waals surface area contributed by atoms with E-state index < -0.39 is 11.8 Å². The number of nitrogens with one attached hydrogen (secondary N) is 1. The fourth-order valence-electron chi connectivity index (χ4n) is 5.79. The lowest BCUT2D eigenvalue weighted by Gasteiger charge is -2.47. The number of nitrogens with two attached hydrogens (primary N) is 1. The normalized spacial score (nSPS) is 38.6. The molecule has 0 radical (unpaired) electrons. The van der Waals surface area contributed by atoms with Gasteiger partial charge in [0.1, 0.15) is 11.8 Å². The van der Waals surface area contributed by atoms with Gasteiger partial charge in [0.05, 0.1) is 25.4 Å². The van der Waals surface area contributed by atoms with Crippen LogP contribution in [0.3, 0.4) is 0 Å². The molecule has 4 aliphatic rings. The van der Waals surface area contributed by atoms with Crippen molar-refractivity contribution >= 4 is 21.8 Å². The predicted molar refractivity (Wildman–Crippen MR) is 104 cm³/mol. The first-order valence-corrected chi connectivity index (χ1v) is 10.6. The Labute approximate surface area is 167 Å². The summed E-state index contributed by atoms with van der Waals surface area (Å²) in [6, 6.07) is 6.42. The first-order valence-electron chi connectivity index (χ1n) is 9.76. The maximum absolute atomic E-state index is 14.0. The number of amides is 1. The number of hydrogen-bond acceptors (Lipinski definition) is 5. The molecule has 2 heterocycles. The first-order chi connectivity index (χ1) is 13.0. The van der Waals surface area contributed by atoms with Crippen molar-refractivity contribution in [1.29, 1.82) is 0 Å². The maximum atomic E-state index is 14.0. The lowest BCUT2D eigenvalue weighted by Crippen LogP contribution is -2.58. The molecule has 6 nitrogen and oxygen atoms in total. The van der Waals surface area contributed by atoms with Crippen LogP contribution in [0.15, 0.2) is 22.7 Å². The summed E-state index contributed by atoms with van der Waals surface area (Å²) in [6.07, 6.45) is 4.58. The number of halogens is 1. The third-order valence-electron chi connectivity index (χ3n) is 7.26. The zero-order valence-electron chi connectivity index (χ0n) is 15.5. The zero-order valence-corrected chi connectivity index (χ0v) is 17.1. The second-order valence-electron chi connectivity index (χ2n) is 8.44. The van der Waals surface area contributed by atoms with E-state index in [1.165, 1.54) is 5.56 Å². The van der Waals surface area contributed by atoms with E-state index in [2.05, 4.69) is 39.4 Å². The third-order valence-corrected chi connectivity index (χ3v) is 7.75. The van der Waals surface area contributed by atoms with E-state index in [9.17, 15) is 4.79 Å². The van der Waals surface area contributed by atoms with Crippen LogP contribution in [0.1, 0.15) is 36.8 Å². The smallest absolute Gasteiger partial charge is 0.250 e. The molecule has 2 saturated heterocycles. The number of ether oxygens (including phenoxy) is 2. The Kier molecular flexibility index (Phi) is 4.19. The minimum absolute atomic E-state index is 0.0722. The highest BCUT2D eigenvalue weighted by Gasteiger charge is 2.68. The molecule has 7 heteroatoms. The van der Waals surface area contributed by atoms with E-state index in [1.807, 2.05) is 4.90 Å². The fourth-order valence-corrected chi connectivity index (χ4v) is 6.15. The number of carbonyl (C=O) groups excluding carboxylic acids is 1. The largest absolute Gasteiger partial charge is 0.381 e. The van der Waals surface area contributed by atoms with E-state index in [4.69, 9.17) is 15.2 Å². The molecular formula is C20H26BrN3O3. The van der Waals surface area contributed by atoms with Gasteiger partial charge in [0.15, 0.2) is 0 Å². The third kappa shape index (κ3) is 2.35. The molecule has 1 saturated carbocycles. The number of methoxy groups -OCH3 is 1. The Hall–Kier alpha value is -0.990. The van der Waals surface area contributed by atoms with E-state index in [0.29, 0.717) is 13.2 Å². The van der Waals surface area contributed by atoms with Crippen molar-refractivity contribution in [2.45, 2.75) is 56.1 Å². The molecule has 2 atom stereocenters. The number of carbonyl (C=O) groups is 1. The molecule has 1 aromatic carbocycles. The summed E-state index contributed by atoms with van der Waals surface area (Å²) in [4.78, 5) is 15.8. The highest BCUT2D eigenvalue weighted by molar-refractivity contribution is 9.10. The van der Waals surface area contributed by atoms with Crippen molar-refractivity contribution < 1.29 is 14.3 Å². The van der Waals surface area contributed by atoms with Crippen LogP contribution < -0.4 is 11.1 Å². The van der Waals surface area contributed by atoms with E-state index in [0.717, 1.165) is 42.1 Å². The van der Waals surface area contributed by atoms with Gasteiger partial charge in [0.25, 0.3) is 5.91 Å². The zero-order chi connectivity index (χ0) is 18.8. The first kappa shape index (κ1) is 18.1. The second-order valence-corrected chi connectivity index (χ2v) is 9.35. The van der Waals surface area contributed by atoms with Crippen LogP contribution in [0.25, 0.3) is 0 Å². The second kappa shape index (κ2) is 6.26. The van der Waals surface area contributed by atoms with Crippen LogP contribution in [0.4, 0.5) is 0 Å². The number of benzene rings is 1. The Balaban J connectivity index is 1.62. The highest BCUT2D eigenvalue weighted by Crippen LogP contribution is 2.60. The molecule has 2 aliphatic heterocycles. The summed E-state index contributed by atoms with van der Waals surface area (Å²) in [5.41, 5.74) is 7.92. The molecular weight excluding hydrogens is 410 g/mol. The van der Waals surface area contributed by atoms with E-state index in [-0.39, 0.29) is 23.5 Å². The SMILES string of the molecule is COC1CCC2(CC1)Cc1ccc(Br)cc1C21NC(N)N(C2COC2)C1=O. The molecule has 3 N–H and O–H groups in total. The summed E-state index contributed by atoms with van der Waals surface area (Å²) in [7, 11) is 1.78. The van der Waals surface area contributed by atoms with Crippen LogP contribution >= 0.6 is 15.9 Å².